The van der Waals surface area contributed by atoms with Gasteiger partial charge in [0.25, 0.3) is 0 Å². The summed E-state index contributed by atoms with van der Waals surface area (Å²) >= 11 is 5.96. The first kappa shape index (κ1) is 16.2. The van der Waals surface area contributed by atoms with Gasteiger partial charge in [-0.2, -0.15) is 0 Å². The topological polar surface area (TPSA) is 41.9 Å². The molecule has 0 saturated heterocycles. The van der Waals surface area contributed by atoms with E-state index in [1.54, 1.807) is 20.3 Å². The van der Waals surface area contributed by atoms with Gasteiger partial charge in [0.1, 0.15) is 0 Å². The van der Waals surface area contributed by atoms with Crippen molar-refractivity contribution >= 4 is 17.3 Å². The number of nitrogens with zero attached hydrogens (tertiary/aromatic N) is 1. The molecule has 0 aromatic heterocycles. The molecule has 1 aromatic rings. The molecule has 0 fully saturated rings. The Balaban J connectivity index is 2.82. The Kier molecular flexibility index (Phi) is 7.82. The van der Waals surface area contributed by atoms with E-state index in [9.17, 15) is 5.11 Å². The molecular weight excluding hydrogens is 266 g/mol. The normalized spacial score (nSPS) is 10.7. The first-order valence-corrected chi connectivity index (χ1v) is 6.72. The summed E-state index contributed by atoms with van der Waals surface area (Å²) in [6.07, 6.45) is 0.924. The van der Waals surface area contributed by atoms with Gasteiger partial charge in [-0.3, -0.25) is 0 Å². The summed E-state index contributed by atoms with van der Waals surface area (Å²) in [5.41, 5.74) is 1.83. The molecular formula is C14H22ClNO3. The van der Waals surface area contributed by atoms with E-state index in [4.69, 9.17) is 21.1 Å². The second-order valence-corrected chi connectivity index (χ2v) is 4.69. The number of rotatable bonds is 9. The molecule has 5 heteroatoms. The van der Waals surface area contributed by atoms with Crippen LogP contribution < -0.4 is 4.90 Å². The van der Waals surface area contributed by atoms with Gasteiger partial charge >= 0.3 is 0 Å². The fourth-order valence-corrected chi connectivity index (χ4v) is 2.14. The summed E-state index contributed by atoms with van der Waals surface area (Å²) in [5.74, 6) is 0. The van der Waals surface area contributed by atoms with Gasteiger partial charge in [-0.15, -0.1) is 0 Å². The predicted octanol–water partition coefficient (Wildman–Crippen LogP) is 2.32. The van der Waals surface area contributed by atoms with Crippen LogP contribution in [0.1, 0.15) is 12.0 Å². The summed E-state index contributed by atoms with van der Waals surface area (Å²) < 4.78 is 10.2. The van der Waals surface area contributed by atoms with E-state index in [0.717, 1.165) is 30.8 Å². The quantitative estimate of drug-likeness (QED) is 0.708. The molecule has 0 aliphatic carbocycles. The van der Waals surface area contributed by atoms with Gasteiger partial charge < -0.3 is 19.5 Å². The number of hydrogen-bond donors (Lipinski definition) is 1. The van der Waals surface area contributed by atoms with Crippen LogP contribution in [-0.4, -0.2) is 45.6 Å². The lowest BCUT2D eigenvalue weighted by molar-refractivity contribution is 0.191. The van der Waals surface area contributed by atoms with Crippen LogP contribution in [0.5, 0.6) is 0 Å². The number of halogens is 1. The molecule has 0 unspecified atom stereocenters. The Morgan fingerprint density at radius 3 is 2.53 bits per heavy atom. The lowest BCUT2D eigenvalue weighted by atomic mass is 10.1. The lowest BCUT2D eigenvalue weighted by Gasteiger charge is -2.26. The molecule has 0 spiro atoms. The van der Waals surface area contributed by atoms with Crippen molar-refractivity contribution < 1.29 is 14.6 Å². The summed E-state index contributed by atoms with van der Waals surface area (Å²) in [7, 11) is 3.38. The highest BCUT2D eigenvalue weighted by atomic mass is 35.5. The Bertz CT molecular complexity index is 374. The van der Waals surface area contributed by atoms with Crippen LogP contribution in [0.25, 0.3) is 0 Å². The molecule has 0 heterocycles. The highest BCUT2D eigenvalue weighted by molar-refractivity contribution is 6.30. The number of benzene rings is 1. The van der Waals surface area contributed by atoms with Gasteiger partial charge in [0, 0.05) is 50.2 Å². The average Bonchev–Trinajstić information content (AvgIpc) is 2.43. The molecule has 0 amide bonds. The maximum Gasteiger partial charge on any atom is 0.0702 e. The lowest BCUT2D eigenvalue weighted by Crippen LogP contribution is -2.30. The minimum Gasteiger partial charge on any atom is -0.392 e. The van der Waals surface area contributed by atoms with Crippen LogP contribution in [-0.2, 0) is 16.1 Å². The number of hydrogen-bond acceptors (Lipinski definition) is 4. The largest absolute Gasteiger partial charge is 0.392 e. The van der Waals surface area contributed by atoms with Crippen LogP contribution >= 0.6 is 11.6 Å². The second kappa shape index (κ2) is 9.15. The molecule has 0 aliphatic heterocycles. The molecule has 0 bridgehead atoms. The third-order valence-electron chi connectivity index (χ3n) is 2.89. The SMILES string of the molecule is COCCCN(CCOC)c1ccc(Cl)cc1CO. The first-order valence-electron chi connectivity index (χ1n) is 6.35. The van der Waals surface area contributed by atoms with Gasteiger partial charge in [0.2, 0.25) is 0 Å². The van der Waals surface area contributed by atoms with Gasteiger partial charge in [0.05, 0.1) is 13.2 Å². The van der Waals surface area contributed by atoms with E-state index in [2.05, 4.69) is 4.90 Å². The van der Waals surface area contributed by atoms with Gasteiger partial charge in [-0.05, 0) is 24.6 Å². The van der Waals surface area contributed by atoms with Crippen molar-refractivity contribution in [1.29, 1.82) is 0 Å². The fourth-order valence-electron chi connectivity index (χ4n) is 1.94. The zero-order chi connectivity index (χ0) is 14.1. The summed E-state index contributed by atoms with van der Waals surface area (Å²) in [5, 5.41) is 10.1. The maximum atomic E-state index is 9.45. The number of methoxy groups -OCH3 is 2. The van der Waals surface area contributed by atoms with Crippen molar-refractivity contribution in [2.24, 2.45) is 0 Å². The molecule has 0 radical (unpaired) electrons. The minimum absolute atomic E-state index is 0.0242. The number of aliphatic hydroxyl groups is 1. The number of ether oxygens (including phenoxy) is 2. The molecule has 4 nitrogen and oxygen atoms in total. The van der Waals surface area contributed by atoms with Crippen LogP contribution in [0, 0.1) is 0 Å². The molecule has 0 aliphatic rings. The van der Waals surface area contributed by atoms with Crippen molar-refractivity contribution in [2.45, 2.75) is 13.0 Å². The van der Waals surface area contributed by atoms with Crippen LogP contribution in [0.4, 0.5) is 5.69 Å². The van der Waals surface area contributed by atoms with Crippen molar-refractivity contribution in [3.05, 3.63) is 28.8 Å². The highest BCUT2D eigenvalue weighted by Crippen LogP contribution is 2.24. The monoisotopic (exact) mass is 287 g/mol. The van der Waals surface area contributed by atoms with Crippen molar-refractivity contribution in [3.8, 4) is 0 Å². The number of anilines is 1. The third-order valence-corrected chi connectivity index (χ3v) is 3.13. The van der Waals surface area contributed by atoms with Crippen molar-refractivity contribution in [1.82, 2.24) is 0 Å². The van der Waals surface area contributed by atoms with Crippen molar-refractivity contribution in [3.63, 3.8) is 0 Å². The Morgan fingerprint density at radius 1 is 1.16 bits per heavy atom. The van der Waals surface area contributed by atoms with Crippen LogP contribution in [0.2, 0.25) is 5.02 Å². The van der Waals surface area contributed by atoms with Gasteiger partial charge in [0.15, 0.2) is 0 Å². The van der Waals surface area contributed by atoms with E-state index in [1.165, 1.54) is 0 Å². The first-order chi connectivity index (χ1) is 9.22. The second-order valence-electron chi connectivity index (χ2n) is 4.26. The van der Waals surface area contributed by atoms with E-state index >= 15 is 0 Å². The Hall–Kier alpha value is -0.810. The standard InChI is InChI=1S/C14H22ClNO3/c1-18-8-3-6-16(7-9-19-2)14-5-4-13(15)10-12(14)11-17/h4-5,10,17H,3,6-9,11H2,1-2H3. The van der Waals surface area contributed by atoms with E-state index in [-0.39, 0.29) is 6.61 Å². The Labute approximate surface area is 119 Å². The minimum atomic E-state index is -0.0242. The highest BCUT2D eigenvalue weighted by Gasteiger charge is 2.11. The van der Waals surface area contributed by atoms with Crippen LogP contribution in [0.15, 0.2) is 18.2 Å². The van der Waals surface area contributed by atoms with E-state index in [1.807, 2.05) is 12.1 Å². The fraction of sp³-hybridized carbons (Fsp3) is 0.571. The van der Waals surface area contributed by atoms with Crippen molar-refractivity contribution in [2.75, 3.05) is 45.4 Å². The molecule has 1 rings (SSSR count). The predicted molar refractivity (Wildman–Crippen MR) is 78.0 cm³/mol. The van der Waals surface area contributed by atoms with Gasteiger partial charge in [-0.25, -0.2) is 0 Å². The molecule has 1 N–H and O–H groups in total. The third kappa shape index (κ3) is 5.37. The van der Waals surface area contributed by atoms with E-state index < -0.39 is 0 Å². The smallest absolute Gasteiger partial charge is 0.0702 e. The zero-order valence-electron chi connectivity index (χ0n) is 11.6. The van der Waals surface area contributed by atoms with E-state index in [0.29, 0.717) is 18.2 Å². The van der Waals surface area contributed by atoms with Gasteiger partial charge in [-0.1, -0.05) is 11.6 Å². The Morgan fingerprint density at radius 2 is 1.89 bits per heavy atom. The molecule has 19 heavy (non-hydrogen) atoms. The molecule has 0 atom stereocenters. The van der Waals surface area contributed by atoms with Crippen LogP contribution in [0.3, 0.4) is 0 Å². The maximum absolute atomic E-state index is 9.45. The molecule has 0 saturated carbocycles. The zero-order valence-corrected chi connectivity index (χ0v) is 12.3. The molecule has 108 valence electrons. The summed E-state index contributed by atoms with van der Waals surface area (Å²) in [4.78, 5) is 2.18. The number of aliphatic hydroxyl groups excluding tert-OH is 1. The summed E-state index contributed by atoms with van der Waals surface area (Å²) in [6, 6.07) is 5.58. The molecule has 1 aromatic carbocycles. The summed E-state index contributed by atoms with van der Waals surface area (Å²) in [6.45, 7) is 2.95. The average molecular weight is 288 g/mol.